The molecular weight excluding hydrogens is 361 g/mol. The van der Waals surface area contributed by atoms with Crippen molar-refractivity contribution >= 4 is 35.3 Å². The molecule has 0 fully saturated rings. The average molecular weight is 375 g/mol. The van der Waals surface area contributed by atoms with Crippen LogP contribution in [0.4, 0.5) is 10.1 Å². The number of hydrazine groups is 1. The Kier molecular flexibility index (Phi) is 6.86. The van der Waals surface area contributed by atoms with Gasteiger partial charge in [-0.1, -0.05) is 24.3 Å². The maximum absolute atomic E-state index is 13.4. The number of nitrogens with zero attached hydrogens (tertiary/aromatic N) is 1. The molecule has 0 spiro atoms. The summed E-state index contributed by atoms with van der Waals surface area (Å²) in [5, 5.41) is 10.9. The Hall–Kier alpha value is -3.20. The number of nitrogens with one attached hydrogen (secondary N) is 2. The van der Waals surface area contributed by atoms with E-state index in [4.69, 9.17) is 0 Å². The summed E-state index contributed by atoms with van der Waals surface area (Å²) in [4.78, 5) is 34.0. The van der Waals surface area contributed by atoms with E-state index in [-0.39, 0.29) is 17.0 Å². The van der Waals surface area contributed by atoms with Crippen molar-refractivity contribution in [3.63, 3.8) is 0 Å². The standard InChI is InChI=1S/C17H14FN3O4S/c18-13-6-2-4-8-15(13)26-11-17(23)20-19-16(22)10-9-12-5-1-3-7-14(12)21(24)25/h1-10H,11H2,(H,19,22)(H,20,23)/b10-9+. The summed E-state index contributed by atoms with van der Waals surface area (Å²) in [5.41, 5.74) is 4.45. The van der Waals surface area contributed by atoms with Crippen molar-refractivity contribution in [2.24, 2.45) is 0 Å². The Balaban J connectivity index is 1.82. The highest BCUT2D eigenvalue weighted by atomic mass is 32.2. The van der Waals surface area contributed by atoms with Crippen LogP contribution >= 0.6 is 11.8 Å². The molecule has 134 valence electrons. The molecule has 2 aromatic carbocycles. The molecule has 0 saturated carbocycles. The molecule has 7 nitrogen and oxygen atoms in total. The monoisotopic (exact) mass is 375 g/mol. The van der Waals surface area contributed by atoms with E-state index in [9.17, 15) is 24.1 Å². The number of benzene rings is 2. The number of thioether (sulfide) groups is 1. The number of para-hydroxylation sites is 1. The summed E-state index contributed by atoms with van der Waals surface area (Å²) in [6, 6.07) is 12.0. The van der Waals surface area contributed by atoms with Gasteiger partial charge in [0.2, 0.25) is 5.91 Å². The van der Waals surface area contributed by atoms with Crippen LogP contribution < -0.4 is 10.9 Å². The predicted molar refractivity (Wildman–Crippen MR) is 95.5 cm³/mol. The molecule has 0 unspecified atom stereocenters. The molecule has 0 radical (unpaired) electrons. The third kappa shape index (κ3) is 5.71. The van der Waals surface area contributed by atoms with E-state index in [1.165, 1.54) is 30.3 Å². The zero-order valence-corrected chi connectivity index (χ0v) is 14.2. The number of nitro benzene ring substituents is 1. The van der Waals surface area contributed by atoms with Gasteiger partial charge >= 0.3 is 0 Å². The van der Waals surface area contributed by atoms with Crippen molar-refractivity contribution < 1.29 is 18.9 Å². The minimum Gasteiger partial charge on any atom is -0.272 e. The number of carbonyl (C=O) groups is 2. The van der Waals surface area contributed by atoms with Crippen LogP contribution in [0, 0.1) is 15.9 Å². The number of rotatable bonds is 6. The van der Waals surface area contributed by atoms with Crippen LogP contribution in [-0.2, 0) is 9.59 Å². The highest BCUT2D eigenvalue weighted by Gasteiger charge is 2.10. The van der Waals surface area contributed by atoms with Crippen LogP contribution in [0.2, 0.25) is 0 Å². The molecule has 26 heavy (non-hydrogen) atoms. The van der Waals surface area contributed by atoms with E-state index in [1.54, 1.807) is 24.3 Å². The lowest BCUT2D eigenvalue weighted by Gasteiger charge is -2.05. The number of hydrogen-bond acceptors (Lipinski definition) is 5. The van der Waals surface area contributed by atoms with E-state index < -0.39 is 22.6 Å². The van der Waals surface area contributed by atoms with Gasteiger partial charge in [-0.3, -0.25) is 30.6 Å². The van der Waals surface area contributed by atoms with Crippen molar-refractivity contribution in [3.8, 4) is 0 Å². The number of nitro groups is 1. The smallest absolute Gasteiger partial charge is 0.272 e. The van der Waals surface area contributed by atoms with Gasteiger partial charge in [-0.2, -0.15) is 0 Å². The number of hydrogen-bond donors (Lipinski definition) is 2. The lowest BCUT2D eigenvalue weighted by atomic mass is 10.1. The minimum absolute atomic E-state index is 0.0882. The Morgan fingerprint density at radius 1 is 1.12 bits per heavy atom. The van der Waals surface area contributed by atoms with E-state index in [0.717, 1.165) is 17.8 Å². The fraction of sp³-hybridized carbons (Fsp3) is 0.0588. The number of carbonyl (C=O) groups excluding carboxylic acids is 2. The minimum atomic E-state index is -0.660. The lowest BCUT2D eigenvalue weighted by molar-refractivity contribution is -0.385. The molecular formula is C17H14FN3O4S. The van der Waals surface area contributed by atoms with Gasteiger partial charge in [0.15, 0.2) is 0 Å². The van der Waals surface area contributed by atoms with E-state index >= 15 is 0 Å². The third-order valence-corrected chi connectivity index (χ3v) is 4.12. The lowest BCUT2D eigenvalue weighted by Crippen LogP contribution is -2.41. The fourth-order valence-electron chi connectivity index (χ4n) is 1.87. The number of halogens is 1. The van der Waals surface area contributed by atoms with Crippen molar-refractivity contribution in [3.05, 3.63) is 76.1 Å². The molecule has 9 heteroatoms. The second-order valence-corrected chi connectivity index (χ2v) is 5.92. The van der Waals surface area contributed by atoms with E-state index in [1.807, 2.05) is 0 Å². The zero-order valence-electron chi connectivity index (χ0n) is 13.3. The first-order chi connectivity index (χ1) is 12.5. The third-order valence-electron chi connectivity index (χ3n) is 3.07. The Labute approximate surface area is 152 Å². The Bertz CT molecular complexity index is 857. The van der Waals surface area contributed by atoms with Gasteiger partial charge in [0, 0.05) is 17.0 Å². The second kappa shape index (κ2) is 9.33. The molecule has 0 bridgehead atoms. The van der Waals surface area contributed by atoms with Gasteiger partial charge in [0.05, 0.1) is 16.2 Å². The van der Waals surface area contributed by atoms with Gasteiger partial charge in [-0.05, 0) is 24.3 Å². The largest absolute Gasteiger partial charge is 0.276 e. The van der Waals surface area contributed by atoms with E-state index in [2.05, 4.69) is 10.9 Å². The van der Waals surface area contributed by atoms with Crippen LogP contribution in [0.25, 0.3) is 6.08 Å². The van der Waals surface area contributed by atoms with Gasteiger partial charge in [-0.25, -0.2) is 4.39 Å². The molecule has 0 aromatic heterocycles. The molecule has 0 saturated heterocycles. The van der Waals surface area contributed by atoms with Crippen LogP contribution in [0.1, 0.15) is 5.56 Å². The van der Waals surface area contributed by atoms with Crippen molar-refractivity contribution in [2.75, 3.05) is 5.75 Å². The summed E-state index contributed by atoms with van der Waals surface area (Å²) < 4.78 is 13.4. The van der Waals surface area contributed by atoms with Gasteiger partial charge in [-0.15, -0.1) is 11.8 Å². The first kappa shape index (κ1) is 19.1. The molecule has 0 aliphatic carbocycles. The van der Waals surface area contributed by atoms with Crippen molar-refractivity contribution in [1.82, 2.24) is 10.9 Å². The topological polar surface area (TPSA) is 101 Å². The first-order valence-electron chi connectivity index (χ1n) is 7.35. The SMILES string of the molecule is O=C(/C=C/c1ccccc1[N+](=O)[O-])NNC(=O)CSc1ccccc1F. The first-order valence-corrected chi connectivity index (χ1v) is 8.33. The highest BCUT2D eigenvalue weighted by molar-refractivity contribution is 8.00. The second-order valence-electron chi connectivity index (χ2n) is 4.91. The summed E-state index contributed by atoms with van der Waals surface area (Å²) in [6.45, 7) is 0. The molecule has 2 rings (SSSR count). The highest BCUT2D eigenvalue weighted by Crippen LogP contribution is 2.20. The van der Waals surface area contributed by atoms with Crippen LogP contribution in [0.15, 0.2) is 59.5 Å². The van der Waals surface area contributed by atoms with Gasteiger partial charge in [0.1, 0.15) is 5.82 Å². The summed E-state index contributed by atoms with van der Waals surface area (Å²) >= 11 is 0.991. The van der Waals surface area contributed by atoms with Gasteiger partial charge in [0.25, 0.3) is 11.6 Å². The predicted octanol–water partition coefficient (Wildman–Crippen LogP) is 2.69. The average Bonchev–Trinajstić information content (AvgIpc) is 2.64. The van der Waals surface area contributed by atoms with Crippen molar-refractivity contribution in [1.29, 1.82) is 0 Å². The summed E-state index contributed by atoms with van der Waals surface area (Å²) in [5.74, 6) is -1.70. The molecule has 0 aliphatic heterocycles. The fourth-order valence-corrected chi connectivity index (χ4v) is 2.61. The summed E-state index contributed by atoms with van der Waals surface area (Å²) in [6.07, 6.45) is 2.33. The van der Waals surface area contributed by atoms with Crippen molar-refractivity contribution in [2.45, 2.75) is 4.90 Å². The summed E-state index contributed by atoms with van der Waals surface area (Å²) in [7, 11) is 0. The maximum atomic E-state index is 13.4. The molecule has 0 heterocycles. The van der Waals surface area contributed by atoms with Crippen LogP contribution in [-0.4, -0.2) is 22.5 Å². The quantitative estimate of drug-likeness (QED) is 0.350. The molecule has 2 amide bonds. The Morgan fingerprint density at radius 2 is 1.81 bits per heavy atom. The van der Waals surface area contributed by atoms with E-state index in [0.29, 0.717) is 4.90 Å². The van der Waals surface area contributed by atoms with Crippen LogP contribution in [0.3, 0.4) is 0 Å². The number of amides is 2. The maximum Gasteiger partial charge on any atom is 0.276 e. The Morgan fingerprint density at radius 3 is 2.54 bits per heavy atom. The molecule has 0 aliphatic rings. The molecule has 2 aromatic rings. The molecule has 2 N–H and O–H groups in total. The normalized spacial score (nSPS) is 10.5. The van der Waals surface area contributed by atoms with Gasteiger partial charge < -0.3 is 0 Å². The molecule has 0 atom stereocenters. The van der Waals surface area contributed by atoms with Crippen LogP contribution in [0.5, 0.6) is 0 Å². The zero-order chi connectivity index (χ0) is 18.9.